The van der Waals surface area contributed by atoms with Crippen molar-refractivity contribution >= 4 is 44.4 Å². The minimum absolute atomic E-state index is 0.209. The Labute approximate surface area is 231 Å². The Balaban J connectivity index is 1.43. The Kier molecular flexibility index (Phi) is 7.57. The first kappa shape index (κ1) is 27.1. The monoisotopic (exact) mass is 566 g/mol. The van der Waals surface area contributed by atoms with Gasteiger partial charge in [-0.25, -0.2) is 22.6 Å². The molecule has 202 valence electrons. The molecule has 0 spiro atoms. The van der Waals surface area contributed by atoms with E-state index in [-0.39, 0.29) is 23.3 Å². The van der Waals surface area contributed by atoms with Crippen molar-refractivity contribution in [2.24, 2.45) is 0 Å². The van der Waals surface area contributed by atoms with Gasteiger partial charge in [-0.3, -0.25) is 9.47 Å². The predicted molar refractivity (Wildman–Crippen MR) is 151 cm³/mol. The lowest BCUT2D eigenvalue weighted by atomic mass is 10.0. The molecule has 1 aliphatic rings. The molecule has 0 fully saturated rings. The first-order chi connectivity index (χ1) is 18.6. The van der Waals surface area contributed by atoms with Crippen LogP contribution in [0.2, 0.25) is 5.15 Å². The van der Waals surface area contributed by atoms with Crippen LogP contribution in [0.5, 0.6) is 0 Å². The number of carbonyl (C=O) groups is 1. The van der Waals surface area contributed by atoms with Crippen molar-refractivity contribution in [1.82, 2.24) is 19.8 Å². The molecule has 0 atom stereocenters. The first-order valence-electron chi connectivity index (χ1n) is 12.5. The quantitative estimate of drug-likeness (QED) is 0.317. The van der Waals surface area contributed by atoms with Gasteiger partial charge in [-0.1, -0.05) is 35.9 Å². The van der Waals surface area contributed by atoms with Crippen molar-refractivity contribution in [2.45, 2.75) is 31.3 Å². The van der Waals surface area contributed by atoms with Crippen LogP contribution in [0.3, 0.4) is 0 Å². The summed E-state index contributed by atoms with van der Waals surface area (Å²) in [6, 6.07) is 13.2. The lowest BCUT2D eigenvalue weighted by Crippen LogP contribution is -2.34. The zero-order valence-electron chi connectivity index (χ0n) is 21.6. The molecule has 5 rings (SSSR count). The summed E-state index contributed by atoms with van der Waals surface area (Å²) in [7, 11) is -3.43. The molecular formula is C29H28ClFN4O3S. The van der Waals surface area contributed by atoms with E-state index in [1.165, 1.54) is 18.4 Å². The van der Waals surface area contributed by atoms with E-state index < -0.39 is 9.84 Å². The van der Waals surface area contributed by atoms with Gasteiger partial charge in [-0.15, -0.1) is 0 Å². The summed E-state index contributed by atoms with van der Waals surface area (Å²) in [5.74, 6) is -0.237. The molecule has 1 aliphatic heterocycles. The van der Waals surface area contributed by atoms with Crippen molar-refractivity contribution in [1.29, 1.82) is 0 Å². The van der Waals surface area contributed by atoms with Crippen LogP contribution in [-0.2, 0) is 29.3 Å². The number of amides is 1. The molecule has 4 aromatic rings. The highest BCUT2D eigenvalue weighted by molar-refractivity contribution is 7.90. The topological polar surface area (TPSA) is 84.3 Å². The molecule has 7 nitrogen and oxygen atoms in total. The van der Waals surface area contributed by atoms with Gasteiger partial charge < -0.3 is 5.32 Å². The average molecular weight is 567 g/mol. The van der Waals surface area contributed by atoms with E-state index in [2.05, 4.69) is 15.2 Å². The number of fused-ring (bicyclic) bond motifs is 3. The van der Waals surface area contributed by atoms with Crippen molar-refractivity contribution in [3.8, 4) is 0 Å². The number of nitrogens with one attached hydrogen (secondary N) is 1. The third-order valence-corrected chi connectivity index (χ3v) is 8.25. The van der Waals surface area contributed by atoms with Crippen LogP contribution in [0.4, 0.5) is 9.18 Å². The van der Waals surface area contributed by atoms with Gasteiger partial charge in [0.2, 0.25) is 0 Å². The van der Waals surface area contributed by atoms with Gasteiger partial charge >= 0.3 is 6.03 Å². The molecule has 10 heteroatoms. The Morgan fingerprint density at radius 3 is 2.74 bits per heavy atom. The van der Waals surface area contributed by atoms with E-state index >= 15 is 0 Å². The summed E-state index contributed by atoms with van der Waals surface area (Å²) >= 11 is 5.98. The van der Waals surface area contributed by atoms with Gasteiger partial charge in [0.15, 0.2) is 9.84 Å². The van der Waals surface area contributed by atoms with E-state index in [1.54, 1.807) is 48.0 Å². The second-order valence-corrected chi connectivity index (χ2v) is 12.2. The Bertz CT molecular complexity index is 1720. The number of benzene rings is 2. The number of pyridine rings is 1. The van der Waals surface area contributed by atoms with E-state index in [4.69, 9.17) is 11.6 Å². The van der Waals surface area contributed by atoms with Crippen LogP contribution in [0, 0.1) is 12.7 Å². The standard InChI is InChI=1S/C29H28ClFN4O3S/c1-19-5-6-20(14-25(19)31)4-3-12-34-13-10-27-24(18-34)23-16-22(39(2,37)38)7-8-26(23)35(27)29(36)33-17-21-9-11-32-28(30)15-21/h3-9,11,14-16H,10,12-13,17-18H2,1-2H3,(H,33,36)/b4-3+. The number of aromatic nitrogens is 2. The number of hydrogen-bond acceptors (Lipinski definition) is 5. The largest absolute Gasteiger partial charge is 0.333 e. The van der Waals surface area contributed by atoms with Crippen LogP contribution in [0.1, 0.15) is 27.9 Å². The Morgan fingerprint density at radius 2 is 2.00 bits per heavy atom. The minimum atomic E-state index is -3.43. The molecule has 1 amide bonds. The molecule has 2 aromatic carbocycles. The van der Waals surface area contributed by atoms with Gasteiger partial charge in [-0.05, 0) is 65.6 Å². The highest BCUT2D eigenvalue weighted by atomic mass is 35.5. The second kappa shape index (κ2) is 10.9. The highest BCUT2D eigenvalue weighted by Gasteiger charge is 2.27. The van der Waals surface area contributed by atoms with Gasteiger partial charge in [0, 0.05) is 56.1 Å². The van der Waals surface area contributed by atoms with Gasteiger partial charge in [-0.2, -0.15) is 0 Å². The maximum Gasteiger partial charge on any atom is 0.326 e. The van der Waals surface area contributed by atoms with E-state index in [1.807, 2.05) is 18.2 Å². The predicted octanol–water partition coefficient (Wildman–Crippen LogP) is 5.37. The van der Waals surface area contributed by atoms with Gasteiger partial charge in [0.05, 0.1) is 10.4 Å². The molecule has 2 aromatic heterocycles. The van der Waals surface area contributed by atoms with Crippen molar-refractivity contribution in [2.75, 3.05) is 19.3 Å². The van der Waals surface area contributed by atoms with Crippen LogP contribution >= 0.6 is 11.6 Å². The lowest BCUT2D eigenvalue weighted by molar-refractivity contribution is 0.240. The Hall–Kier alpha value is -3.53. The van der Waals surface area contributed by atoms with E-state index in [0.717, 1.165) is 27.8 Å². The molecule has 0 saturated heterocycles. The fourth-order valence-electron chi connectivity index (χ4n) is 4.87. The van der Waals surface area contributed by atoms with Crippen molar-refractivity contribution in [3.63, 3.8) is 0 Å². The summed E-state index contributed by atoms with van der Waals surface area (Å²) in [6.07, 6.45) is 7.25. The molecule has 3 heterocycles. The van der Waals surface area contributed by atoms with Crippen molar-refractivity contribution < 1.29 is 17.6 Å². The fraction of sp³-hybridized carbons (Fsp3) is 0.241. The number of hydrogen-bond donors (Lipinski definition) is 1. The third-order valence-electron chi connectivity index (χ3n) is 6.93. The maximum absolute atomic E-state index is 13.9. The maximum atomic E-state index is 13.9. The molecule has 0 bridgehead atoms. The second-order valence-electron chi connectivity index (χ2n) is 9.75. The zero-order valence-corrected chi connectivity index (χ0v) is 23.2. The summed E-state index contributed by atoms with van der Waals surface area (Å²) < 4.78 is 40.2. The third kappa shape index (κ3) is 5.90. The molecule has 1 N–H and O–H groups in total. The van der Waals surface area contributed by atoms with E-state index in [9.17, 15) is 17.6 Å². The number of aryl methyl sites for hydroxylation is 1. The zero-order chi connectivity index (χ0) is 27.7. The number of rotatable bonds is 6. The number of carbonyl (C=O) groups excluding carboxylic acids is 1. The van der Waals surface area contributed by atoms with Crippen LogP contribution in [-0.4, -0.2) is 48.2 Å². The average Bonchev–Trinajstić information content (AvgIpc) is 3.22. The Morgan fingerprint density at radius 1 is 1.18 bits per heavy atom. The summed E-state index contributed by atoms with van der Waals surface area (Å²) in [5, 5.41) is 4.04. The van der Waals surface area contributed by atoms with Gasteiger partial charge in [0.1, 0.15) is 11.0 Å². The van der Waals surface area contributed by atoms with Gasteiger partial charge in [0.25, 0.3) is 0 Å². The minimum Gasteiger partial charge on any atom is -0.333 e. The van der Waals surface area contributed by atoms with Crippen LogP contribution in [0.25, 0.3) is 17.0 Å². The van der Waals surface area contributed by atoms with Crippen LogP contribution in [0.15, 0.2) is 65.7 Å². The fourth-order valence-corrected chi connectivity index (χ4v) is 5.72. The lowest BCUT2D eigenvalue weighted by Gasteiger charge is -2.27. The summed E-state index contributed by atoms with van der Waals surface area (Å²) in [6.45, 7) is 3.89. The SMILES string of the molecule is Cc1ccc(/C=C/CN2CCc3c(c4cc(S(C)(=O)=O)ccc4n3C(=O)NCc3ccnc(Cl)c3)C2)cc1F. The molecule has 0 aliphatic carbocycles. The molecule has 0 unspecified atom stereocenters. The van der Waals surface area contributed by atoms with E-state index in [0.29, 0.717) is 42.3 Å². The summed E-state index contributed by atoms with van der Waals surface area (Å²) in [4.78, 5) is 19.8. The van der Waals surface area contributed by atoms with Crippen LogP contribution < -0.4 is 5.32 Å². The molecule has 0 saturated carbocycles. The number of sulfone groups is 1. The molecule has 0 radical (unpaired) electrons. The smallest absolute Gasteiger partial charge is 0.326 e. The number of halogens is 2. The van der Waals surface area contributed by atoms with Crippen molar-refractivity contribution in [3.05, 3.63) is 99.7 Å². The molecular weight excluding hydrogens is 539 g/mol. The highest BCUT2D eigenvalue weighted by Crippen LogP contribution is 2.32. The molecule has 39 heavy (non-hydrogen) atoms. The normalized spacial score (nSPS) is 14.2. The summed E-state index contributed by atoms with van der Waals surface area (Å²) in [5.41, 5.74) is 4.66. The number of nitrogens with zero attached hydrogens (tertiary/aromatic N) is 3. The first-order valence-corrected chi connectivity index (χ1v) is 14.8.